The number of carboxylic acid groups (broad SMARTS) is 1. The topological polar surface area (TPSA) is 95.5 Å². The highest BCUT2D eigenvalue weighted by Crippen LogP contribution is 2.60. The molecule has 150 valence electrons. The molecule has 1 unspecified atom stereocenters. The molecule has 1 aromatic rings. The van der Waals surface area contributed by atoms with Crippen molar-refractivity contribution in [2.24, 2.45) is 23.2 Å². The molecule has 0 heterocycles. The van der Waals surface area contributed by atoms with Gasteiger partial charge in [0.15, 0.2) is 0 Å². The molecular formula is C22H28N2O4. The average molecular weight is 384 g/mol. The number of carbonyl (C=O) groups is 3. The third kappa shape index (κ3) is 3.64. The van der Waals surface area contributed by atoms with E-state index < -0.39 is 17.9 Å². The van der Waals surface area contributed by atoms with Crippen LogP contribution in [0.25, 0.3) is 0 Å². The van der Waals surface area contributed by atoms with Gasteiger partial charge in [0.05, 0.1) is 0 Å². The third-order valence-corrected chi connectivity index (χ3v) is 6.91. The minimum Gasteiger partial charge on any atom is -0.480 e. The second-order valence-electron chi connectivity index (χ2n) is 9.11. The minimum atomic E-state index is -1.07. The van der Waals surface area contributed by atoms with Crippen LogP contribution in [0.3, 0.4) is 0 Å². The second kappa shape index (κ2) is 7.22. The highest BCUT2D eigenvalue weighted by Gasteiger charge is 2.54. The van der Waals surface area contributed by atoms with E-state index in [1.54, 1.807) is 24.3 Å². The van der Waals surface area contributed by atoms with E-state index in [1.807, 2.05) is 0 Å². The smallest absolute Gasteiger partial charge is 0.325 e. The lowest BCUT2D eigenvalue weighted by molar-refractivity contribution is -0.146. The lowest BCUT2D eigenvalue weighted by Gasteiger charge is -2.55. The fourth-order valence-corrected chi connectivity index (χ4v) is 5.87. The van der Waals surface area contributed by atoms with Gasteiger partial charge < -0.3 is 15.7 Å². The number of amides is 2. The summed E-state index contributed by atoms with van der Waals surface area (Å²) in [7, 11) is 0. The van der Waals surface area contributed by atoms with Crippen LogP contribution in [0.15, 0.2) is 24.3 Å². The van der Waals surface area contributed by atoms with Gasteiger partial charge in [-0.25, -0.2) is 0 Å². The number of benzene rings is 1. The molecule has 2 amide bonds. The van der Waals surface area contributed by atoms with Crippen molar-refractivity contribution in [2.75, 3.05) is 0 Å². The molecule has 5 rings (SSSR count). The Morgan fingerprint density at radius 1 is 1.04 bits per heavy atom. The summed E-state index contributed by atoms with van der Waals surface area (Å²) in [4.78, 5) is 35.9. The molecule has 0 saturated heterocycles. The van der Waals surface area contributed by atoms with Crippen molar-refractivity contribution in [3.8, 4) is 0 Å². The normalized spacial score (nSPS) is 31.2. The van der Waals surface area contributed by atoms with E-state index in [1.165, 1.54) is 26.2 Å². The van der Waals surface area contributed by atoms with Crippen molar-refractivity contribution in [1.29, 1.82) is 0 Å². The molecule has 6 heteroatoms. The van der Waals surface area contributed by atoms with Gasteiger partial charge in [0.1, 0.15) is 6.04 Å². The molecule has 4 aliphatic carbocycles. The van der Waals surface area contributed by atoms with Crippen LogP contribution >= 0.6 is 0 Å². The van der Waals surface area contributed by atoms with Crippen molar-refractivity contribution in [3.05, 3.63) is 35.4 Å². The van der Waals surface area contributed by atoms with Crippen molar-refractivity contribution in [3.63, 3.8) is 0 Å². The fourth-order valence-electron chi connectivity index (χ4n) is 5.87. The highest BCUT2D eigenvalue weighted by atomic mass is 16.4. The van der Waals surface area contributed by atoms with Gasteiger partial charge in [-0.3, -0.25) is 14.4 Å². The lowest BCUT2D eigenvalue weighted by atomic mass is 9.49. The van der Waals surface area contributed by atoms with Gasteiger partial charge in [-0.15, -0.1) is 0 Å². The molecule has 28 heavy (non-hydrogen) atoms. The fraction of sp³-hybridized carbons (Fsp3) is 0.591. The average Bonchev–Trinajstić information content (AvgIpc) is 2.65. The third-order valence-electron chi connectivity index (χ3n) is 6.91. The summed E-state index contributed by atoms with van der Waals surface area (Å²) >= 11 is 0. The van der Waals surface area contributed by atoms with E-state index in [0.717, 1.165) is 42.6 Å². The zero-order valence-electron chi connectivity index (χ0n) is 16.2. The predicted octanol–water partition coefficient (Wildman–Crippen LogP) is 2.72. The van der Waals surface area contributed by atoms with Crippen LogP contribution in [0.1, 0.15) is 61.4 Å². The Bertz CT molecular complexity index is 751. The Morgan fingerprint density at radius 2 is 1.57 bits per heavy atom. The molecule has 1 aromatic carbocycles. The second-order valence-corrected chi connectivity index (χ2v) is 9.11. The summed E-state index contributed by atoms with van der Waals surface area (Å²) in [5.41, 5.74) is 1.19. The van der Waals surface area contributed by atoms with Crippen LogP contribution < -0.4 is 10.6 Å². The highest BCUT2D eigenvalue weighted by molar-refractivity contribution is 5.96. The summed E-state index contributed by atoms with van der Waals surface area (Å²) in [6.45, 7) is 1.88. The first-order chi connectivity index (χ1) is 13.3. The maximum Gasteiger partial charge on any atom is 0.325 e. The summed E-state index contributed by atoms with van der Waals surface area (Å²) in [6, 6.07) is 6.00. The Morgan fingerprint density at radius 3 is 2.07 bits per heavy atom. The Balaban J connectivity index is 1.33. The van der Waals surface area contributed by atoms with Gasteiger partial charge >= 0.3 is 5.97 Å². The molecule has 0 spiro atoms. The van der Waals surface area contributed by atoms with E-state index in [0.29, 0.717) is 12.1 Å². The van der Waals surface area contributed by atoms with Gasteiger partial charge in [0.25, 0.3) is 5.91 Å². The number of nitrogens with one attached hydrogen (secondary N) is 2. The number of hydrogen-bond acceptors (Lipinski definition) is 3. The van der Waals surface area contributed by atoms with Crippen molar-refractivity contribution in [2.45, 2.75) is 58.0 Å². The summed E-state index contributed by atoms with van der Waals surface area (Å²) in [5.74, 6) is 0.925. The number of hydrogen-bond donors (Lipinski definition) is 3. The zero-order valence-corrected chi connectivity index (χ0v) is 16.2. The van der Waals surface area contributed by atoms with Crippen molar-refractivity contribution < 1.29 is 19.5 Å². The largest absolute Gasteiger partial charge is 0.480 e. The van der Waals surface area contributed by atoms with Crippen molar-refractivity contribution in [1.82, 2.24) is 10.6 Å². The van der Waals surface area contributed by atoms with Gasteiger partial charge in [-0.05, 0) is 80.9 Å². The van der Waals surface area contributed by atoms with E-state index in [9.17, 15) is 14.4 Å². The van der Waals surface area contributed by atoms with Crippen LogP contribution in [-0.2, 0) is 16.1 Å². The van der Waals surface area contributed by atoms with E-state index >= 15 is 0 Å². The Hall–Kier alpha value is -2.37. The standard InChI is InChI=1S/C22H28N2O4/c1-13(20(26)27)24-19(25)18-4-2-14(3-5-18)12-23-21(28)22-9-15-6-16(10-22)8-17(7-15)11-22/h2-5,13,15-17H,6-12H2,1H3,(H,23,28)(H,24,25)(H,26,27). The quantitative estimate of drug-likeness (QED) is 0.703. The number of carbonyl (C=O) groups excluding carboxylic acids is 2. The van der Waals surface area contributed by atoms with Gasteiger partial charge in [0.2, 0.25) is 5.91 Å². The number of rotatable bonds is 6. The van der Waals surface area contributed by atoms with Crippen LogP contribution in [0.4, 0.5) is 0 Å². The zero-order chi connectivity index (χ0) is 19.9. The van der Waals surface area contributed by atoms with Gasteiger partial charge in [0, 0.05) is 17.5 Å². The van der Waals surface area contributed by atoms with Crippen LogP contribution in [0.5, 0.6) is 0 Å². The molecule has 0 radical (unpaired) electrons. The first-order valence-corrected chi connectivity index (χ1v) is 10.3. The van der Waals surface area contributed by atoms with Gasteiger partial charge in [-0.1, -0.05) is 12.1 Å². The van der Waals surface area contributed by atoms with Crippen LogP contribution in [0, 0.1) is 23.2 Å². The molecule has 1 atom stereocenters. The van der Waals surface area contributed by atoms with Gasteiger partial charge in [-0.2, -0.15) is 0 Å². The molecular weight excluding hydrogens is 356 g/mol. The maximum atomic E-state index is 13.0. The van der Waals surface area contributed by atoms with Crippen LogP contribution in [-0.4, -0.2) is 28.9 Å². The molecule has 4 fully saturated rings. The molecule has 4 aliphatic rings. The van der Waals surface area contributed by atoms with Crippen LogP contribution in [0.2, 0.25) is 0 Å². The summed E-state index contributed by atoms with van der Waals surface area (Å²) < 4.78 is 0. The molecule has 6 nitrogen and oxygen atoms in total. The predicted molar refractivity (Wildman–Crippen MR) is 103 cm³/mol. The number of carboxylic acids is 1. The summed E-state index contributed by atoms with van der Waals surface area (Å²) in [6.07, 6.45) is 7.09. The van der Waals surface area contributed by atoms with E-state index in [2.05, 4.69) is 10.6 Å². The van der Waals surface area contributed by atoms with E-state index in [4.69, 9.17) is 5.11 Å². The molecule has 0 aromatic heterocycles. The van der Waals surface area contributed by atoms with E-state index in [-0.39, 0.29) is 11.3 Å². The SMILES string of the molecule is CC(NC(=O)c1ccc(CNC(=O)C23CC4CC(CC(C4)C2)C3)cc1)C(=O)O. The Kier molecular flexibility index (Phi) is 4.89. The lowest BCUT2D eigenvalue weighted by Crippen LogP contribution is -2.53. The Labute approximate surface area is 165 Å². The summed E-state index contributed by atoms with van der Waals surface area (Å²) in [5, 5.41) is 14.4. The minimum absolute atomic E-state index is 0.151. The molecule has 3 N–H and O–H groups in total. The monoisotopic (exact) mass is 384 g/mol. The molecule has 4 saturated carbocycles. The first kappa shape index (κ1) is 19.0. The first-order valence-electron chi connectivity index (χ1n) is 10.3. The number of aliphatic carboxylic acids is 1. The van der Waals surface area contributed by atoms with Crippen molar-refractivity contribution >= 4 is 17.8 Å². The molecule has 0 aliphatic heterocycles. The molecule has 4 bridgehead atoms. The maximum absolute atomic E-state index is 13.0.